The van der Waals surface area contributed by atoms with Gasteiger partial charge in [0.2, 0.25) is 0 Å². The number of amides is 1. The average Bonchev–Trinajstić information content (AvgIpc) is 3.48. The van der Waals surface area contributed by atoms with Crippen LogP contribution in [0.1, 0.15) is 49.2 Å². The topological polar surface area (TPSA) is 153 Å². The molecule has 11 nitrogen and oxygen atoms in total. The van der Waals surface area contributed by atoms with Gasteiger partial charge in [-0.25, -0.2) is 9.78 Å². The number of carbonyl (C=O) groups is 1. The smallest absolute Gasteiger partial charge is 0.330 e. The van der Waals surface area contributed by atoms with Crippen LogP contribution in [0.2, 0.25) is 0 Å². The van der Waals surface area contributed by atoms with E-state index < -0.39 is 17.2 Å². The summed E-state index contributed by atoms with van der Waals surface area (Å²) in [5.41, 5.74) is 6.14. The molecule has 0 unspecified atom stereocenters. The van der Waals surface area contributed by atoms with Crippen molar-refractivity contribution in [2.45, 2.75) is 46.6 Å². The van der Waals surface area contributed by atoms with Crippen LogP contribution in [0.5, 0.6) is 0 Å². The average molecular weight is 466 g/mol. The van der Waals surface area contributed by atoms with E-state index in [4.69, 9.17) is 14.7 Å². The van der Waals surface area contributed by atoms with E-state index in [9.17, 15) is 14.4 Å². The van der Waals surface area contributed by atoms with E-state index in [1.54, 1.807) is 25.1 Å². The lowest BCUT2D eigenvalue weighted by Gasteiger charge is -2.25. The zero-order valence-electron chi connectivity index (χ0n) is 19.3. The van der Waals surface area contributed by atoms with Gasteiger partial charge in [-0.05, 0) is 38.0 Å². The number of unbranched alkanes of at least 4 members (excludes halogenated alkanes) is 1. The van der Waals surface area contributed by atoms with E-state index >= 15 is 0 Å². The monoisotopic (exact) mass is 466 g/mol. The summed E-state index contributed by atoms with van der Waals surface area (Å²) in [4.78, 5) is 47.3. The van der Waals surface area contributed by atoms with Crippen LogP contribution < -0.4 is 21.9 Å². The Morgan fingerprint density at radius 2 is 2.06 bits per heavy atom. The zero-order chi connectivity index (χ0) is 24.4. The summed E-state index contributed by atoms with van der Waals surface area (Å²) < 4.78 is 12.1. The summed E-state index contributed by atoms with van der Waals surface area (Å²) >= 11 is 0. The highest BCUT2D eigenvalue weighted by Crippen LogP contribution is 2.30. The van der Waals surface area contributed by atoms with Crippen molar-refractivity contribution >= 4 is 28.5 Å². The number of carbonyl (C=O) groups excluding carboxylic acids is 1. The van der Waals surface area contributed by atoms with Crippen molar-refractivity contribution in [2.24, 2.45) is 0 Å². The van der Waals surface area contributed by atoms with Crippen LogP contribution in [0.25, 0.3) is 22.6 Å². The molecule has 0 spiro atoms. The van der Waals surface area contributed by atoms with Gasteiger partial charge in [-0.1, -0.05) is 25.4 Å². The number of fused-ring (bicyclic) bond motifs is 1. The van der Waals surface area contributed by atoms with Crippen molar-refractivity contribution in [2.75, 3.05) is 17.2 Å². The highest BCUT2D eigenvalue weighted by Gasteiger charge is 2.28. The molecule has 3 N–H and O–H groups in total. The standard InChI is InChI=1S/C23H26N6O5/c1-4-6-10-28(18-19(24)29(9-5-2)23(32)26-20(18)30)22(31)14-12-15(16-8-7-11-33-16)25-21-17(14)13(3)27-34-21/h7-8,11-12H,4-6,9-10,24H2,1-3H3,(H,26,30,32). The van der Waals surface area contributed by atoms with Crippen LogP contribution in [0.3, 0.4) is 0 Å². The Labute approximate surface area is 194 Å². The van der Waals surface area contributed by atoms with Gasteiger partial charge in [0.1, 0.15) is 11.5 Å². The third-order valence-electron chi connectivity index (χ3n) is 5.53. The highest BCUT2D eigenvalue weighted by molar-refractivity contribution is 6.14. The second-order valence-corrected chi connectivity index (χ2v) is 7.94. The number of hydrogen-bond donors (Lipinski definition) is 2. The number of hydrogen-bond acceptors (Lipinski definition) is 8. The molecule has 34 heavy (non-hydrogen) atoms. The van der Waals surface area contributed by atoms with E-state index in [0.717, 1.165) is 6.42 Å². The quantitative estimate of drug-likeness (QED) is 0.402. The number of pyridine rings is 1. The molecule has 0 aliphatic heterocycles. The van der Waals surface area contributed by atoms with Gasteiger partial charge in [-0.2, -0.15) is 0 Å². The number of nitrogens with one attached hydrogen (secondary N) is 1. The predicted molar refractivity (Wildman–Crippen MR) is 127 cm³/mol. The lowest BCUT2D eigenvalue weighted by Crippen LogP contribution is -2.41. The predicted octanol–water partition coefficient (Wildman–Crippen LogP) is 3.08. The maximum Gasteiger partial charge on any atom is 0.330 e. The molecule has 178 valence electrons. The van der Waals surface area contributed by atoms with Crippen LogP contribution in [-0.2, 0) is 6.54 Å². The molecule has 0 aliphatic carbocycles. The Hall–Kier alpha value is -4.15. The van der Waals surface area contributed by atoms with E-state index in [-0.39, 0.29) is 29.3 Å². The fourth-order valence-corrected chi connectivity index (χ4v) is 3.87. The summed E-state index contributed by atoms with van der Waals surface area (Å²) in [5, 5.41) is 4.39. The molecule has 0 aliphatic rings. The van der Waals surface area contributed by atoms with Crippen LogP contribution in [0.4, 0.5) is 11.5 Å². The molecule has 11 heteroatoms. The van der Waals surface area contributed by atoms with Gasteiger partial charge >= 0.3 is 5.69 Å². The van der Waals surface area contributed by atoms with Gasteiger partial charge in [0.25, 0.3) is 17.2 Å². The van der Waals surface area contributed by atoms with Crippen molar-refractivity contribution in [1.29, 1.82) is 0 Å². The third-order valence-corrected chi connectivity index (χ3v) is 5.53. The van der Waals surface area contributed by atoms with Crippen LogP contribution >= 0.6 is 0 Å². The molecule has 4 heterocycles. The van der Waals surface area contributed by atoms with Crippen molar-refractivity contribution in [3.8, 4) is 11.5 Å². The second-order valence-electron chi connectivity index (χ2n) is 7.94. The summed E-state index contributed by atoms with van der Waals surface area (Å²) in [6.45, 7) is 6.08. The Morgan fingerprint density at radius 3 is 2.74 bits per heavy atom. The Kier molecular flexibility index (Phi) is 6.35. The fraction of sp³-hybridized carbons (Fsp3) is 0.348. The number of nitrogens with zero attached hydrogens (tertiary/aromatic N) is 4. The molecular formula is C23H26N6O5. The number of aryl methyl sites for hydroxylation is 1. The van der Waals surface area contributed by atoms with E-state index in [0.29, 0.717) is 41.9 Å². The number of nitrogens with two attached hydrogens (primary N) is 1. The molecule has 4 rings (SSSR count). The second kappa shape index (κ2) is 9.38. The molecule has 0 bridgehead atoms. The maximum absolute atomic E-state index is 14.0. The van der Waals surface area contributed by atoms with E-state index in [2.05, 4.69) is 15.1 Å². The van der Waals surface area contributed by atoms with Crippen LogP contribution in [0, 0.1) is 6.92 Å². The number of anilines is 2. The lowest BCUT2D eigenvalue weighted by molar-refractivity contribution is 0.0987. The van der Waals surface area contributed by atoms with Crippen LogP contribution in [-0.4, -0.2) is 32.1 Å². The zero-order valence-corrected chi connectivity index (χ0v) is 19.3. The number of aromatic nitrogens is 4. The number of nitrogen functional groups attached to an aromatic ring is 1. The summed E-state index contributed by atoms with van der Waals surface area (Å²) in [6, 6.07) is 5.00. The van der Waals surface area contributed by atoms with Gasteiger partial charge < -0.3 is 19.6 Å². The largest absolute Gasteiger partial charge is 0.463 e. The summed E-state index contributed by atoms with van der Waals surface area (Å²) in [7, 11) is 0. The Balaban J connectivity index is 1.94. The van der Waals surface area contributed by atoms with Crippen molar-refractivity contribution in [3.05, 3.63) is 56.6 Å². The number of furan rings is 1. The molecule has 0 radical (unpaired) electrons. The molecule has 0 fully saturated rings. The SMILES string of the molecule is CCCCN(C(=O)c1cc(-c2ccco2)nc2onc(C)c12)c1c(N)n(CCC)c(=O)[nH]c1=O. The first-order chi connectivity index (χ1) is 16.4. The summed E-state index contributed by atoms with van der Waals surface area (Å²) in [5.74, 6) is -0.100. The molecule has 0 saturated carbocycles. The Bertz CT molecular complexity index is 1450. The van der Waals surface area contributed by atoms with Gasteiger partial charge in [-0.3, -0.25) is 19.1 Å². The number of rotatable bonds is 8. The first-order valence-corrected chi connectivity index (χ1v) is 11.1. The molecule has 0 saturated heterocycles. The van der Waals surface area contributed by atoms with Crippen molar-refractivity contribution < 1.29 is 13.7 Å². The minimum atomic E-state index is -0.724. The fourth-order valence-electron chi connectivity index (χ4n) is 3.87. The molecular weight excluding hydrogens is 440 g/mol. The first kappa shape index (κ1) is 23.0. The minimum Gasteiger partial charge on any atom is -0.463 e. The van der Waals surface area contributed by atoms with Gasteiger partial charge in [0, 0.05) is 13.1 Å². The highest BCUT2D eigenvalue weighted by atomic mass is 16.5. The first-order valence-electron chi connectivity index (χ1n) is 11.1. The molecule has 4 aromatic heterocycles. The third kappa shape index (κ3) is 4.00. The molecule has 4 aromatic rings. The molecule has 1 amide bonds. The van der Waals surface area contributed by atoms with Crippen molar-refractivity contribution in [1.82, 2.24) is 19.7 Å². The lowest BCUT2D eigenvalue weighted by atomic mass is 10.1. The summed E-state index contributed by atoms with van der Waals surface area (Å²) in [6.07, 6.45) is 3.50. The minimum absolute atomic E-state index is 0.0568. The maximum atomic E-state index is 14.0. The molecule has 0 aromatic carbocycles. The van der Waals surface area contributed by atoms with Gasteiger partial charge in [0.15, 0.2) is 11.4 Å². The van der Waals surface area contributed by atoms with Crippen LogP contribution in [0.15, 0.2) is 43.0 Å². The van der Waals surface area contributed by atoms with E-state index in [1.165, 1.54) is 15.7 Å². The van der Waals surface area contributed by atoms with Gasteiger partial charge in [0.05, 0.1) is 22.9 Å². The molecule has 0 atom stereocenters. The van der Waals surface area contributed by atoms with Gasteiger partial charge in [-0.15, -0.1) is 0 Å². The van der Waals surface area contributed by atoms with E-state index in [1.807, 2.05) is 13.8 Å². The Morgan fingerprint density at radius 1 is 1.26 bits per heavy atom. The number of aromatic amines is 1. The number of H-pyrrole nitrogens is 1. The normalized spacial score (nSPS) is 11.3. The van der Waals surface area contributed by atoms with Crippen molar-refractivity contribution in [3.63, 3.8) is 0 Å².